The summed E-state index contributed by atoms with van der Waals surface area (Å²) in [7, 11) is 0. The molecule has 1 fully saturated rings. The van der Waals surface area contributed by atoms with Gasteiger partial charge in [-0.15, -0.1) is 0 Å². The van der Waals surface area contributed by atoms with Crippen LogP contribution >= 0.6 is 0 Å². The number of ether oxygens (including phenoxy) is 5. The van der Waals surface area contributed by atoms with Gasteiger partial charge in [-0.2, -0.15) is 0 Å². The largest absolute Gasteiger partial charge is 0.511 e. The maximum absolute atomic E-state index is 12.4. The Bertz CT molecular complexity index is 706. The molecule has 0 spiro atoms. The summed E-state index contributed by atoms with van der Waals surface area (Å²) in [5.74, 6) is 1.43. The molecule has 9 nitrogen and oxygen atoms in total. The summed E-state index contributed by atoms with van der Waals surface area (Å²) in [5, 5.41) is 3.18. The maximum atomic E-state index is 12.4. The number of hydrogen-bond acceptors (Lipinski definition) is 8. The quantitative estimate of drug-likeness (QED) is 0.543. The molecule has 1 amide bonds. The summed E-state index contributed by atoms with van der Waals surface area (Å²) < 4.78 is 25.9. The van der Waals surface area contributed by atoms with E-state index in [0.29, 0.717) is 18.7 Å². The molecule has 3 rings (SSSR count). The summed E-state index contributed by atoms with van der Waals surface area (Å²) >= 11 is 0. The van der Waals surface area contributed by atoms with Gasteiger partial charge in [0.1, 0.15) is 6.10 Å². The van der Waals surface area contributed by atoms with Gasteiger partial charge in [0.05, 0.1) is 0 Å². The molecular formula is C20H28N2O7. The Balaban J connectivity index is 1.42. The molecule has 29 heavy (non-hydrogen) atoms. The number of nitrogens with zero attached hydrogens (tertiary/aromatic N) is 1. The predicted octanol–water partition coefficient (Wildman–Crippen LogP) is 2.67. The van der Waals surface area contributed by atoms with Crippen LogP contribution in [0.1, 0.15) is 32.3 Å². The number of likely N-dealkylation sites (N-methyl/N-ethyl adjacent to an activating group) is 1. The fourth-order valence-corrected chi connectivity index (χ4v) is 3.43. The van der Waals surface area contributed by atoms with Gasteiger partial charge in [0, 0.05) is 12.6 Å². The molecular weight excluding hydrogens is 380 g/mol. The number of rotatable bonds is 7. The van der Waals surface area contributed by atoms with Crippen molar-refractivity contribution in [3.8, 4) is 11.5 Å². The average molecular weight is 408 g/mol. The van der Waals surface area contributed by atoms with Crippen molar-refractivity contribution in [1.82, 2.24) is 10.2 Å². The number of amides is 1. The smallest absolute Gasteiger partial charge is 0.454 e. The molecule has 1 aromatic carbocycles. The van der Waals surface area contributed by atoms with Crippen molar-refractivity contribution < 1.29 is 33.3 Å². The molecule has 1 N–H and O–H groups in total. The van der Waals surface area contributed by atoms with E-state index in [-0.39, 0.29) is 18.9 Å². The zero-order chi connectivity index (χ0) is 20.6. The van der Waals surface area contributed by atoms with Crippen molar-refractivity contribution in [3.05, 3.63) is 23.8 Å². The number of benzene rings is 1. The topological polar surface area (TPSA) is 95.6 Å². The van der Waals surface area contributed by atoms with Gasteiger partial charge in [0.15, 0.2) is 11.5 Å². The molecule has 0 saturated carbocycles. The molecule has 160 valence electrons. The Morgan fingerprint density at radius 2 is 1.97 bits per heavy atom. The van der Waals surface area contributed by atoms with Crippen LogP contribution in [0.4, 0.5) is 9.59 Å². The summed E-state index contributed by atoms with van der Waals surface area (Å²) in [6, 6.07) is 5.61. The van der Waals surface area contributed by atoms with E-state index in [9.17, 15) is 9.59 Å². The fourth-order valence-electron chi connectivity index (χ4n) is 3.43. The number of carbonyl (C=O) groups excluding carboxylic acids is 2. The Morgan fingerprint density at radius 1 is 1.21 bits per heavy atom. The van der Waals surface area contributed by atoms with Gasteiger partial charge in [-0.25, -0.2) is 9.59 Å². The van der Waals surface area contributed by atoms with Gasteiger partial charge >= 0.3 is 12.2 Å². The van der Waals surface area contributed by atoms with Gasteiger partial charge in [-0.3, -0.25) is 0 Å². The zero-order valence-electron chi connectivity index (χ0n) is 16.8. The molecule has 0 aromatic heterocycles. The van der Waals surface area contributed by atoms with E-state index in [0.717, 1.165) is 37.2 Å². The minimum Gasteiger partial charge on any atom is -0.454 e. The lowest BCUT2D eigenvalue weighted by molar-refractivity contribution is -0.0421. The Hall–Kier alpha value is -2.68. The first kappa shape index (κ1) is 21.0. The predicted molar refractivity (Wildman–Crippen MR) is 103 cm³/mol. The molecule has 1 unspecified atom stereocenters. The standard InChI is InChI=1S/C20H28N2O7/c1-3-22(14(2)10-15-4-5-17-18(11-15)26-12-25-17)19(23)27-13-28-20(24)29-16-6-8-21-9-7-16/h4-5,11,14,16,21H,3,6-10,12-13H2,1-2H3. The van der Waals surface area contributed by atoms with E-state index in [2.05, 4.69) is 5.32 Å². The Kier molecular flexibility index (Phi) is 7.40. The third kappa shape index (κ3) is 5.90. The van der Waals surface area contributed by atoms with Crippen LogP contribution in [0.15, 0.2) is 18.2 Å². The first-order valence-corrected chi connectivity index (χ1v) is 9.93. The minimum absolute atomic E-state index is 0.116. The maximum Gasteiger partial charge on any atom is 0.511 e. The monoisotopic (exact) mass is 408 g/mol. The van der Waals surface area contributed by atoms with Crippen LogP contribution in [0.2, 0.25) is 0 Å². The second kappa shape index (κ2) is 10.2. The second-order valence-electron chi connectivity index (χ2n) is 7.02. The van der Waals surface area contributed by atoms with Crippen molar-refractivity contribution in [1.29, 1.82) is 0 Å². The van der Waals surface area contributed by atoms with Gasteiger partial charge in [-0.1, -0.05) is 6.07 Å². The second-order valence-corrected chi connectivity index (χ2v) is 7.02. The summed E-state index contributed by atoms with van der Waals surface area (Å²) in [6.07, 6.45) is 0.592. The fraction of sp³-hybridized carbons (Fsp3) is 0.600. The van der Waals surface area contributed by atoms with Crippen LogP contribution in [-0.4, -0.2) is 62.5 Å². The van der Waals surface area contributed by atoms with Crippen molar-refractivity contribution in [2.45, 2.75) is 45.3 Å². The van der Waals surface area contributed by atoms with Crippen LogP contribution in [-0.2, 0) is 20.6 Å². The zero-order valence-corrected chi connectivity index (χ0v) is 16.8. The molecule has 1 atom stereocenters. The van der Waals surface area contributed by atoms with E-state index in [1.807, 2.05) is 32.0 Å². The van der Waals surface area contributed by atoms with Crippen molar-refractivity contribution in [2.24, 2.45) is 0 Å². The third-order valence-electron chi connectivity index (χ3n) is 4.98. The summed E-state index contributed by atoms with van der Waals surface area (Å²) in [6.45, 7) is 5.62. The number of fused-ring (bicyclic) bond motifs is 1. The van der Waals surface area contributed by atoms with Gasteiger partial charge in [-0.05, 0) is 63.9 Å². The highest BCUT2D eigenvalue weighted by molar-refractivity contribution is 5.68. The molecule has 2 aliphatic heterocycles. The van der Waals surface area contributed by atoms with Crippen LogP contribution in [0, 0.1) is 0 Å². The van der Waals surface area contributed by atoms with Crippen LogP contribution in [0.5, 0.6) is 11.5 Å². The Morgan fingerprint density at radius 3 is 2.72 bits per heavy atom. The number of nitrogens with one attached hydrogen (secondary N) is 1. The SMILES string of the molecule is CCN(C(=O)OCOC(=O)OC1CCNCC1)C(C)Cc1ccc2c(c1)OCO2. The van der Waals surface area contributed by atoms with Crippen molar-refractivity contribution >= 4 is 12.2 Å². The van der Waals surface area contributed by atoms with E-state index in [1.54, 1.807) is 4.90 Å². The third-order valence-corrected chi connectivity index (χ3v) is 4.98. The number of piperidine rings is 1. The van der Waals surface area contributed by atoms with E-state index < -0.39 is 19.0 Å². The molecule has 0 aliphatic carbocycles. The normalized spacial score (nSPS) is 16.8. The van der Waals surface area contributed by atoms with E-state index >= 15 is 0 Å². The Labute approximate surface area is 170 Å². The van der Waals surface area contributed by atoms with Gasteiger partial charge in [0.25, 0.3) is 0 Å². The lowest BCUT2D eigenvalue weighted by Crippen LogP contribution is -2.40. The van der Waals surface area contributed by atoms with Crippen molar-refractivity contribution in [3.63, 3.8) is 0 Å². The van der Waals surface area contributed by atoms with E-state index in [1.165, 1.54) is 0 Å². The first-order chi connectivity index (χ1) is 14.1. The lowest BCUT2D eigenvalue weighted by Gasteiger charge is -2.27. The number of hydrogen-bond donors (Lipinski definition) is 1. The molecule has 1 saturated heterocycles. The highest BCUT2D eigenvalue weighted by atomic mass is 16.8. The molecule has 1 aromatic rings. The minimum atomic E-state index is -0.818. The molecule has 2 aliphatic rings. The van der Waals surface area contributed by atoms with Crippen LogP contribution < -0.4 is 14.8 Å². The van der Waals surface area contributed by atoms with E-state index in [4.69, 9.17) is 23.7 Å². The number of carbonyl (C=O) groups is 2. The van der Waals surface area contributed by atoms with Gasteiger partial charge in [0.2, 0.25) is 13.6 Å². The van der Waals surface area contributed by atoms with Crippen molar-refractivity contribution in [2.75, 3.05) is 33.2 Å². The average Bonchev–Trinajstić information content (AvgIpc) is 3.17. The highest BCUT2D eigenvalue weighted by Crippen LogP contribution is 2.33. The molecule has 0 radical (unpaired) electrons. The molecule has 0 bridgehead atoms. The molecule has 9 heteroatoms. The molecule has 2 heterocycles. The summed E-state index contributed by atoms with van der Waals surface area (Å²) in [5.41, 5.74) is 1.02. The highest BCUT2D eigenvalue weighted by Gasteiger charge is 2.23. The lowest BCUT2D eigenvalue weighted by atomic mass is 10.1. The van der Waals surface area contributed by atoms with Crippen LogP contribution in [0.3, 0.4) is 0 Å². The summed E-state index contributed by atoms with van der Waals surface area (Å²) in [4.78, 5) is 25.7. The van der Waals surface area contributed by atoms with Gasteiger partial charge < -0.3 is 33.9 Å². The van der Waals surface area contributed by atoms with Crippen LogP contribution in [0.25, 0.3) is 0 Å². The first-order valence-electron chi connectivity index (χ1n) is 9.93.